The molecule has 0 atom stereocenters. The zero-order valence-corrected chi connectivity index (χ0v) is 12.1. The van der Waals surface area contributed by atoms with Crippen LogP contribution >= 0.6 is 0 Å². The molecule has 6 heteroatoms. The van der Waals surface area contributed by atoms with Crippen LogP contribution in [0.3, 0.4) is 0 Å². The highest BCUT2D eigenvalue weighted by atomic mass is 16.4. The second-order valence-electron chi connectivity index (χ2n) is 4.98. The Morgan fingerprint density at radius 3 is 2.35 bits per heavy atom. The van der Waals surface area contributed by atoms with E-state index in [0.29, 0.717) is 12.1 Å². The quantitative estimate of drug-likeness (QED) is 0.761. The Balaban J connectivity index is 2.97. The van der Waals surface area contributed by atoms with Crippen molar-refractivity contribution in [3.05, 3.63) is 29.3 Å². The lowest BCUT2D eigenvalue weighted by molar-refractivity contribution is -0.135. The van der Waals surface area contributed by atoms with Crippen LogP contribution in [0.4, 0.5) is 5.69 Å². The van der Waals surface area contributed by atoms with Crippen LogP contribution in [0.15, 0.2) is 18.2 Å². The van der Waals surface area contributed by atoms with Crippen LogP contribution in [-0.4, -0.2) is 55.6 Å². The van der Waals surface area contributed by atoms with Gasteiger partial charge in [-0.2, -0.15) is 0 Å². The van der Waals surface area contributed by atoms with Gasteiger partial charge in [0.25, 0.3) is 0 Å². The molecule has 1 rings (SSSR count). The van der Waals surface area contributed by atoms with Crippen molar-refractivity contribution in [3.63, 3.8) is 0 Å². The van der Waals surface area contributed by atoms with E-state index in [9.17, 15) is 9.59 Å². The van der Waals surface area contributed by atoms with Gasteiger partial charge in [0, 0.05) is 24.3 Å². The third kappa shape index (κ3) is 4.55. The molecule has 0 saturated heterocycles. The summed E-state index contributed by atoms with van der Waals surface area (Å²) in [5.41, 5.74) is 7.24. The first-order valence-corrected chi connectivity index (χ1v) is 6.33. The largest absolute Gasteiger partial charge is 0.480 e. The highest BCUT2D eigenvalue weighted by Crippen LogP contribution is 2.19. The number of nitrogens with two attached hydrogens (primary N) is 1. The molecule has 0 aliphatic heterocycles. The zero-order valence-electron chi connectivity index (χ0n) is 12.1. The van der Waals surface area contributed by atoms with Crippen LogP contribution in [0.2, 0.25) is 0 Å². The predicted molar refractivity (Wildman–Crippen MR) is 78.1 cm³/mol. The summed E-state index contributed by atoms with van der Waals surface area (Å²) in [7, 11) is 3.86. The molecular formula is C14H21N3O3. The summed E-state index contributed by atoms with van der Waals surface area (Å²) in [6.07, 6.45) is 0. The van der Waals surface area contributed by atoms with E-state index in [1.807, 2.05) is 19.0 Å². The number of hydrogen-bond acceptors (Lipinski definition) is 4. The summed E-state index contributed by atoms with van der Waals surface area (Å²) >= 11 is 0. The maximum Gasteiger partial charge on any atom is 0.323 e. The number of nitrogens with zero attached hydrogens (tertiary/aromatic N) is 2. The van der Waals surface area contributed by atoms with E-state index >= 15 is 0 Å². The second kappa shape index (κ2) is 6.91. The molecule has 110 valence electrons. The Morgan fingerprint density at radius 2 is 1.90 bits per heavy atom. The lowest BCUT2D eigenvalue weighted by atomic mass is 10.1. The van der Waals surface area contributed by atoms with Crippen molar-refractivity contribution < 1.29 is 14.7 Å². The van der Waals surface area contributed by atoms with Gasteiger partial charge in [-0.15, -0.1) is 0 Å². The molecule has 0 aliphatic rings. The van der Waals surface area contributed by atoms with E-state index in [1.165, 1.54) is 0 Å². The topological polar surface area (TPSA) is 86.9 Å². The number of likely N-dealkylation sites (N-methyl/N-ethyl adjacent to an activating group) is 1. The molecule has 1 aromatic carbocycles. The van der Waals surface area contributed by atoms with E-state index in [-0.39, 0.29) is 6.54 Å². The van der Waals surface area contributed by atoms with Gasteiger partial charge >= 0.3 is 5.97 Å². The number of benzene rings is 1. The zero-order chi connectivity index (χ0) is 15.3. The molecule has 0 heterocycles. The van der Waals surface area contributed by atoms with Gasteiger partial charge in [-0.3, -0.25) is 9.59 Å². The summed E-state index contributed by atoms with van der Waals surface area (Å²) < 4.78 is 0. The number of aryl methyl sites for hydroxylation is 1. The Kier molecular flexibility index (Phi) is 5.52. The van der Waals surface area contributed by atoms with Crippen molar-refractivity contribution >= 4 is 17.6 Å². The van der Waals surface area contributed by atoms with Gasteiger partial charge in [0.15, 0.2) is 0 Å². The fourth-order valence-corrected chi connectivity index (χ4v) is 1.90. The number of anilines is 1. The van der Waals surface area contributed by atoms with Crippen LogP contribution in [0.5, 0.6) is 0 Å². The average Bonchev–Trinajstić information content (AvgIpc) is 2.33. The number of primary amides is 1. The number of hydrogen-bond donors (Lipinski definition) is 2. The normalized spacial score (nSPS) is 10.6. The summed E-state index contributed by atoms with van der Waals surface area (Å²) in [6, 6.07) is 5.15. The molecule has 3 N–H and O–H groups in total. The minimum Gasteiger partial charge on any atom is -0.480 e. The van der Waals surface area contributed by atoms with Gasteiger partial charge in [-0.1, -0.05) is 0 Å². The molecule has 0 aromatic heterocycles. The lowest BCUT2D eigenvalue weighted by Crippen LogP contribution is -2.35. The van der Waals surface area contributed by atoms with Gasteiger partial charge in [0.1, 0.15) is 6.54 Å². The molecule has 6 nitrogen and oxygen atoms in total. The SMILES string of the molecule is Cc1cc(N(CCN(C)C)CC(=O)O)ccc1C(N)=O. The van der Waals surface area contributed by atoms with Gasteiger partial charge in [0.05, 0.1) is 0 Å². The second-order valence-corrected chi connectivity index (χ2v) is 4.98. The highest BCUT2D eigenvalue weighted by molar-refractivity contribution is 5.94. The van der Waals surface area contributed by atoms with Crippen molar-refractivity contribution in [3.8, 4) is 0 Å². The number of aliphatic carboxylic acids is 1. The van der Waals surface area contributed by atoms with Crippen molar-refractivity contribution in [2.75, 3.05) is 38.6 Å². The van der Waals surface area contributed by atoms with Crippen LogP contribution in [0.1, 0.15) is 15.9 Å². The summed E-state index contributed by atoms with van der Waals surface area (Å²) in [5.74, 6) is -1.37. The van der Waals surface area contributed by atoms with E-state index < -0.39 is 11.9 Å². The minimum atomic E-state index is -0.889. The standard InChI is InChI=1S/C14H21N3O3/c1-10-8-11(4-5-12(10)14(15)20)17(9-13(18)19)7-6-16(2)3/h4-5,8H,6-7,9H2,1-3H3,(H2,15,20)(H,18,19). The Bertz CT molecular complexity index is 500. The number of carbonyl (C=O) groups excluding carboxylic acids is 1. The summed E-state index contributed by atoms with van der Waals surface area (Å²) in [5, 5.41) is 8.99. The number of amides is 1. The maximum atomic E-state index is 11.2. The molecule has 0 saturated carbocycles. The van der Waals surface area contributed by atoms with Crippen LogP contribution < -0.4 is 10.6 Å². The number of carboxylic acids is 1. The van der Waals surface area contributed by atoms with Gasteiger partial charge < -0.3 is 20.6 Å². The molecule has 20 heavy (non-hydrogen) atoms. The first-order valence-electron chi connectivity index (χ1n) is 6.33. The molecule has 0 fully saturated rings. The van der Waals surface area contributed by atoms with Crippen LogP contribution in [-0.2, 0) is 4.79 Å². The summed E-state index contributed by atoms with van der Waals surface area (Å²) in [6.45, 7) is 3.04. The average molecular weight is 279 g/mol. The molecule has 0 radical (unpaired) electrons. The predicted octanol–water partition coefficient (Wildman–Crippen LogP) is 0.547. The fraction of sp³-hybridized carbons (Fsp3) is 0.429. The van der Waals surface area contributed by atoms with E-state index in [4.69, 9.17) is 10.8 Å². The van der Waals surface area contributed by atoms with Crippen LogP contribution in [0.25, 0.3) is 0 Å². The first kappa shape index (κ1) is 16.0. The molecule has 0 spiro atoms. The first-order chi connectivity index (χ1) is 9.31. The Hall–Kier alpha value is -2.08. The lowest BCUT2D eigenvalue weighted by Gasteiger charge is -2.25. The van der Waals surface area contributed by atoms with Gasteiger partial charge in [0.2, 0.25) is 5.91 Å². The minimum absolute atomic E-state index is 0.0802. The smallest absolute Gasteiger partial charge is 0.323 e. The van der Waals surface area contributed by atoms with E-state index in [1.54, 1.807) is 30.0 Å². The van der Waals surface area contributed by atoms with Crippen molar-refractivity contribution in [2.24, 2.45) is 5.73 Å². The van der Waals surface area contributed by atoms with Gasteiger partial charge in [-0.25, -0.2) is 0 Å². The van der Waals surface area contributed by atoms with E-state index in [0.717, 1.165) is 17.8 Å². The van der Waals surface area contributed by atoms with E-state index in [2.05, 4.69) is 0 Å². The number of rotatable bonds is 7. The highest BCUT2D eigenvalue weighted by Gasteiger charge is 2.13. The molecule has 1 aromatic rings. The van der Waals surface area contributed by atoms with Gasteiger partial charge in [-0.05, 0) is 44.8 Å². The fourth-order valence-electron chi connectivity index (χ4n) is 1.90. The molecule has 0 aliphatic carbocycles. The van der Waals surface area contributed by atoms with Crippen molar-refractivity contribution in [1.82, 2.24) is 4.90 Å². The summed E-state index contributed by atoms with van der Waals surface area (Å²) in [4.78, 5) is 25.9. The monoisotopic (exact) mass is 279 g/mol. The van der Waals surface area contributed by atoms with Crippen molar-refractivity contribution in [2.45, 2.75) is 6.92 Å². The number of carboxylic acid groups (broad SMARTS) is 1. The molecule has 1 amide bonds. The maximum absolute atomic E-state index is 11.2. The Morgan fingerprint density at radius 1 is 1.25 bits per heavy atom. The number of carbonyl (C=O) groups is 2. The van der Waals surface area contributed by atoms with Crippen LogP contribution in [0, 0.1) is 6.92 Å². The Labute approximate surface area is 118 Å². The third-order valence-electron chi connectivity index (χ3n) is 2.98. The van der Waals surface area contributed by atoms with Crippen molar-refractivity contribution in [1.29, 1.82) is 0 Å². The molecule has 0 bridgehead atoms. The third-order valence-corrected chi connectivity index (χ3v) is 2.98. The molecule has 0 unspecified atom stereocenters. The molecular weight excluding hydrogens is 258 g/mol.